The molecule has 8 heteroatoms. The van der Waals surface area contributed by atoms with Gasteiger partial charge in [0, 0.05) is 42.9 Å². The number of carbonyl (C=O) groups excluding carboxylic acids is 1. The average molecular weight is 414 g/mol. The summed E-state index contributed by atoms with van der Waals surface area (Å²) in [5.41, 5.74) is 8.50. The van der Waals surface area contributed by atoms with Crippen LogP contribution in [0.4, 0.5) is 8.78 Å². The molecule has 1 aromatic carbocycles. The van der Waals surface area contributed by atoms with E-state index >= 15 is 0 Å². The number of rotatable bonds is 4. The van der Waals surface area contributed by atoms with E-state index in [9.17, 15) is 18.4 Å². The quantitative estimate of drug-likeness (QED) is 0.806. The number of halogens is 2. The number of nitrogens with two attached hydrogens (primary N) is 1. The Bertz CT molecular complexity index is 1130. The molecular formula is C22H24F2N4O2. The van der Waals surface area contributed by atoms with Gasteiger partial charge in [0.1, 0.15) is 17.2 Å². The zero-order valence-corrected chi connectivity index (χ0v) is 17.0. The first-order chi connectivity index (χ1) is 14.2. The van der Waals surface area contributed by atoms with Gasteiger partial charge in [-0.1, -0.05) is 12.6 Å². The van der Waals surface area contributed by atoms with Crippen LogP contribution in [0.1, 0.15) is 58.3 Å². The van der Waals surface area contributed by atoms with E-state index in [0.717, 1.165) is 30.1 Å². The first-order valence-electron chi connectivity index (χ1n) is 9.95. The van der Waals surface area contributed by atoms with Gasteiger partial charge in [-0.15, -0.1) is 0 Å². The fourth-order valence-corrected chi connectivity index (χ4v) is 4.58. The van der Waals surface area contributed by atoms with Crippen LogP contribution in [0, 0.1) is 18.6 Å². The standard InChI is InChI=1S/C22H24F2N4O2/c1-4-27-10-15-8-17(25)20-18(21(29)11(2)19(12(27)3)28(15)20)22(30)26-9-13-5-6-14(23)7-16(13)24/h5-7,15,17H,3-4,8-10,25H2,1-2H3,(H,26,30)/t15-,17+/m1/s1. The summed E-state index contributed by atoms with van der Waals surface area (Å²) in [6, 6.07) is 2.73. The molecule has 0 bridgehead atoms. The third-order valence-corrected chi connectivity index (χ3v) is 6.07. The molecule has 2 atom stereocenters. The van der Waals surface area contributed by atoms with Crippen LogP contribution in [0.3, 0.4) is 0 Å². The molecule has 3 N–H and O–H groups in total. The summed E-state index contributed by atoms with van der Waals surface area (Å²) in [6.07, 6.45) is 0.618. The van der Waals surface area contributed by atoms with Gasteiger partial charge in [0.25, 0.3) is 5.91 Å². The van der Waals surface area contributed by atoms with Crippen molar-refractivity contribution in [2.24, 2.45) is 5.73 Å². The Balaban J connectivity index is 1.75. The lowest BCUT2D eigenvalue weighted by atomic mass is 10.0. The van der Waals surface area contributed by atoms with Gasteiger partial charge in [-0.2, -0.15) is 0 Å². The highest BCUT2D eigenvalue weighted by atomic mass is 19.1. The van der Waals surface area contributed by atoms with Crippen LogP contribution < -0.4 is 16.5 Å². The van der Waals surface area contributed by atoms with Crippen molar-refractivity contribution in [3.05, 3.63) is 74.7 Å². The molecule has 1 aromatic heterocycles. The maximum absolute atomic E-state index is 13.9. The van der Waals surface area contributed by atoms with Crippen molar-refractivity contribution in [3.8, 4) is 0 Å². The first kappa shape index (κ1) is 20.3. The van der Waals surface area contributed by atoms with E-state index in [4.69, 9.17) is 5.73 Å². The van der Waals surface area contributed by atoms with Crippen molar-refractivity contribution < 1.29 is 13.6 Å². The number of benzene rings is 1. The molecule has 1 amide bonds. The molecule has 158 valence electrons. The zero-order valence-electron chi connectivity index (χ0n) is 17.0. The Morgan fingerprint density at radius 2 is 2.10 bits per heavy atom. The summed E-state index contributed by atoms with van der Waals surface area (Å²) >= 11 is 0. The van der Waals surface area contributed by atoms with Gasteiger partial charge in [0.15, 0.2) is 5.43 Å². The molecule has 0 radical (unpaired) electrons. The molecule has 0 fully saturated rings. The molecule has 4 rings (SSSR count). The van der Waals surface area contributed by atoms with Gasteiger partial charge in [-0.25, -0.2) is 8.78 Å². The summed E-state index contributed by atoms with van der Waals surface area (Å²) in [7, 11) is 0. The third kappa shape index (κ3) is 3.02. The minimum Gasteiger partial charge on any atom is -0.369 e. The van der Waals surface area contributed by atoms with E-state index in [1.54, 1.807) is 6.92 Å². The van der Waals surface area contributed by atoms with Crippen molar-refractivity contribution in [3.63, 3.8) is 0 Å². The second kappa shape index (κ2) is 7.36. The van der Waals surface area contributed by atoms with Crippen molar-refractivity contribution in [1.82, 2.24) is 14.8 Å². The monoisotopic (exact) mass is 414 g/mol. The molecule has 2 aliphatic heterocycles. The lowest BCUT2D eigenvalue weighted by Gasteiger charge is -2.38. The Labute approximate surface area is 173 Å². The number of carbonyl (C=O) groups is 1. The Morgan fingerprint density at radius 3 is 2.77 bits per heavy atom. The fraction of sp³-hybridized carbons (Fsp3) is 0.364. The van der Waals surface area contributed by atoms with Crippen molar-refractivity contribution in [1.29, 1.82) is 0 Å². The number of nitrogens with one attached hydrogen (secondary N) is 1. The van der Waals surface area contributed by atoms with Crippen LogP contribution in [0.25, 0.3) is 5.70 Å². The lowest BCUT2D eigenvalue weighted by Crippen LogP contribution is -2.40. The zero-order chi connectivity index (χ0) is 21.7. The molecule has 0 saturated carbocycles. The van der Waals surface area contributed by atoms with Crippen molar-refractivity contribution in [2.75, 3.05) is 13.1 Å². The molecule has 6 nitrogen and oxygen atoms in total. The maximum atomic E-state index is 13.9. The van der Waals surface area contributed by atoms with Crippen molar-refractivity contribution in [2.45, 2.75) is 38.9 Å². The normalized spacial score (nSPS) is 19.8. The van der Waals surface area contributed by atoms with E-state index in [1.807, 2.05) is 11.5 Å². The number of aromatic nitrogens is 1. The largest absolute Gasteiger partial charge is 0.369 e. The molecule has 3 heterocycles. The smallest absolute Gasteiger partial charge is 0.257 e. The predicted molar refractivity (Wildman–Crippen MR) is 110 cm³/mol. The molecule has 0 spiro atoms. The number of likely N-dealkylation sites (N-methyl/N-ethyl adjacent to an activating group) is 1. The van der Waals surface area contributed by atoms with E-state index in [1.165, 1.54) is 6.07 Å². The molecule has 30 heavy (non-hydrogen) atoms. The number of hydrogen-bond acceptors (Lipinski definition) is 4. The second-order valence-electron chi connectivity index (χ2n) is 7.83. The van der Waals surface area contributed by atoms with E-state index in [-0.39, 0.29) is 23.7 Å². The van der Waals surface area contributed by atoms with Gasteiger partial charge >= 0.3 is 0 Å². The topological polar surface area (TPSA) is 80.4 Å². The van der Waals surface area contributed by atoms with Gasteiger partial charge < -0.3 is 20.5 Å². The van der Waals surface area contributed by atoms with Crippen molar-refractivity contribution >= 4 is 11.6 Å². The minimum atomic E-state index is -0.758. The van der Waals surface area contributed by atoms with Gasteiger partial charge in [0.2, 0.25) is 0 Å². The Morgan fingerprint density at radius 1 is 1.37 bits per heavy atom. The van der Waals surface area contributed by atoms with Gasteiger partial charge in [0.05, 0.1) is 23.1 Å². The summed E-state index contributed by atoms with van der Waals surface area (Å²) in [6.45, 7) is 9.18. The van der Waals surface area contributed by atoms with Gasteiger partial charge in [-0.05, 0) is 26.3 Å². The maximum Gasteiger partial charge on any atom is 0.257 e. The molecule has 0 saturated heterocycles. The summed E-state index contributed by atoms with van der Waals surface area (Å²) in [5, 5.41) is 2.59. The highest BCUT2D eigenvalue weighted by Crippen LogP contribution is 2.42. The number of pyridine rings is 1. The van der Waals surface area contributed by atoms with Crippen LogP contribution in [-0.4, -0.2) is 28.5 Å². The highest BCUT2D eigenvalue weighted by molar-refractivity contribution is 5.96. The molecule has 2 aromatic rings. The van der Waals surface area contributed by atoms with E-state index < -0.39 is 29.0 Å². The van der Waals surface area contributed by atoms with E-state index in [0.29, 0.717) is 24.2 Å². The molecule has 0 unspecified atom stereocenters. The molecule has 0 aliphatic carbocycles. The summed E-state index contributed by atoms with van der Waals surface area (Å²) in [5.74, 6) is -2.07. The van der Waals surface area contributed by atoms with Crippen LogP contribution in [0.15, 0.2) is 29.6 Å². The number of hydrogen-bond donors (Lipinski definition) is 2. The highest BCUT2D eigenvalue weighted by Gasteiger charge is 2.40. The molecular weight excluding hydrogens is 390 g/mol. The van der Waals surface area contributed by atoms with E-state index in [2.05, 4.69) is 16.8 Å². The van der Waals surface area contributed by atoms with Crippen LogP contribution >= 0.6 is 0 Å². The Kier molecular flexibility index (Phi) is 4.97. The van der Waals surface area contributed by atoms with Crippen LogP contribution in [0.5, 0.6) is 0 Å². The Hall–Kier alpha value is -3.00. The minimum absolute atomic E-state index is 0.00785. The SMILES string of the molecule is C=C1c2c(C)c(=O)c(C(=O)NCc3ccc(F)cc3F)c3n2[C@H](C[C@@H]3N)CN1CC. The third-order valence-electron chi connectivity index (χ3n) is 6.07. The average Bonchev–Trinajstić information content (AvgIpc) is 3.02. The second-order valence-corrected chi connectivity index (χ2v) is 7.83. The fourth-order valence-electron chi connectivity index (χ4n) is 4.58. The first-order valence-corrected chi connectivity index (χ1v) is 9.95. The number of amides is 1. The van der Waals surface area contributed by atoms with Gasteiger partial charge in [-0.3, -0.25) is 9.59 Å². The lowest BCUT2D eigenvalue weighted by molar-refractivity contribution is 0.0947. The van der Waals surface area contributed by atoms with Crippen LogP contribution in [0.2, 0.25) is 0 Å². The summed E-state index contributed by atoms with van der Waals surface area (Å²) < 4.78 is 29.0. The molecule has 2 aliphatic rings. The van der Waals surface area contributed by atoms with Crippen LogP contribution in [-0.2, 0) is 6.54 Å². The number of nitrogens with zero attached hydrogens (tertiary/aromatic N) is 2. The summed E-state index contributed by atoms with van der Waals surface area (Å²) in [4.78, 5) is 28.3. The predicted octanol–water partition coefficient (Wildman–Crippen LogP) is 2.62.